The van der Waals surface area contributed by atoms with Crippen LogP contribution in [0.2, 0.25) is 0 Å². The van der Waals surface area contributed by atoms with Gasteiger partial charge in [-0.3, -0.25) is 19.1 Å². The highest BCUT2D eigenvalue weighted by Gasteiger charge is 2.33. The summed E-state index contributed by atoms with van der Waals surface area (Å²) in [6.07, 6.45) is 1.19. The van der Waals surface area contributed by atoms with Crippen molar-refractivity contribution in [2.24, 2.45) is 5.73 Å². The second kappa shape index (κ2) is 19.3. The Hall–Kier alpha value is -4.15. The molecule has 0 aromatic heterocycles. The summed E-state index contributed by atoms with van der Waals surface area (Å²) >= 11 is 0. The molecule has 4 atom stereocenters. The first-order chi connectivity index (χ1) is 21.7. The van der Waals surface area contributed by atoms with Crippen LogP contribution in [0.1, 0.15) is 36.0 Å². The number of aliphatic hydroxyl groups is 1. The number of hydrogen-bond donors (Lipinski definition) is 3. The Morgan fingerprint density at radius 2 is 1.31 bits per heavy atom. The van der Waals surface area contributed by atoms with Gasteiger partial charge in [-0.1, -0.05) is 100 Å². The van der Waals surface area contributed by atoms with Crippen LogP contribution in [0.4, 0.5) is 0 Å². The van der Waals surface area contributed by atoms with Crippen molar-refractivity contribution in [3.63, 3.8) is 0 Å². The summed E-state index contributed by atoms with van der Waals surface area (Å²) in [5.41, 5.74) is 8.35. The molecule has 1 unspecified atom stereocenters. The molecule has 1 amide bonds. The molecule has 3 aromatic rings. The van der Waals surface area contributed by atoms with Crippen LogP contribution in [0.3, 0.4) is 0 Å². The Labute approximate surface area is 265 Å². The number of benzene rings is 3. The maximum atomic E-state index is 11.8. The van der Waals surface area contributed by atoms with Crippen molar-refractivity contribution in [2.45, 2.75) is 57.2 Å². The summed E-state index contributed by atoms with van der Waals surface area (Å²) in [4.78, 5) is 45.3. The van der Waals surface area contributed by atoms with Gasteiger partial charge in [0.1, 0.15) is 31.9 Å². The van der Waals surface area contributed by atoms with Crippen LogP contribution in [-0.4, -0.2) is 64.9 Å². The number of carbonyl (C=O) groups is 4. The first kappa shape index (κ1) is 35.3. The number of hydrogen-bond acceptors (Lipinski definition) is 10. The molecule has 0 aliphatic carbocycles. The molecule has 12 heteroatoms. The molecule has 11 nitrogen and oxygen atoms in total. The van der Waals surface area contributed by atoms with Gasteiger partial charge in [-0.2, -0.15) is 0 Å². The number of nitrogens with one attached hydrogen (secondary N) is 1. The first-order valence-electron chi connectivity index (χ1n) is 14.5. The van der Waals surface area contributed by atoms with Crippen molar-refractivity contribution in [3.05, 3.63) is 108 Å². The fourth-order valence-corrected chi connectivity index (χ4v) is 4.28. The standard InChI is InChI=1S/C18H19NO4.C11H11NO3.C4H10NOP/c19-16(18(21)23-13-15-9-5-2-6-10-15)11-17(20)22-12-14-7-3-1-4-8-14;13-10-6-9(12-10)11(14)15-7-8-4-2-1-3-5-8;6-3-4-1-2-5(4)7/h1-10,16H,11-13,19H2;1-5,9H,6-7H2,(H,12,13);4,6H,1-3,7H2/t16-;9-;4-/m111/s1. The van der Waals surface area contributed by atoms with Gasteiger partial charge in [0.2, 0.25) is 5.91 Å². The fourth-order valence-electron chi connectivity index (χ4n) is 3.88. The van der Waals surface area contributed by atoms with Crippen LogP contribution >= 0.6 is 9.39 Å². The van der Waals surface area contributed by atoms with Gasteiger partial charge < -0.3 is 30.4 Å². The number of aliphatic hydroxyl groups excluding tert-OH is 1. The minimum absolute atomic E-state index is 0.100. The number of nitrogens with zero attached hydrogens (tertiary/aromatic N) is 1. The van der Waals surface area contributed by atoms with Crippen LogP contribution in [0.25, 0.3) is 0 Å². The molecule has 0 bridgehead atoms. The lowest BCUT2D eigenvalue weighted by Gasteiger charge is -2.35. The number of carbonyl (C=O) groups excluding carboxylic acids is 4. The van der Waals surface area contributed by atoms with E-state index in [1.807, 2.05) is 91.0 Å². The van der Waals surface area contributed by atoms with E-state index in [2.05, 4.69) is 19.4 Å². The maximum absolute atomic E-state index is 11.8. The molecule has 0 radical (unpaired) electrons. The molecule has 240 valence electrons. The lowest BCUT2D eigenvalue weighted by atomic mass is 10.1. The highest BCUT2D eigenvalue weighted by molar-refractivity contribution is 7.13. The lowest BCUT2D eigenvalue weighted by molar-refractivity contribution is -0.154. The predicted molar refractivity (Wildman–Crippen MR) is 170 cm³/mol. The third-order valence-corrected chi connectivity index (χ3v) is 7.47. The van der Waals surface area contributed by atoms with Crippen molar-refractivity contribution in [1.82, 2.24) is 9.99 Å². The number of esters is 3. The fraction of sp³-hybridized carbons (Fsp3) is 0.333. The topological polar surface area (TPSA) is 157 Å². The third-order valence-electron chi connectivity index (χ3n) is 6.79. The van der Waals surface area contributed by atoms with E-state index in [0.29, 0.717) is 12.6 Å². The highest BCUT2D eigenvalue weighted by atomic mass is 31.0. The smallest absolute Gasteiger partial charge is 0.329 e. The number of nitrogens with two attached hydrogens (primary N) is 1. The molecule has 2 aliphatic rings. The third kappa shape index (κ3) is 13.2. The molecule has 2 aliphatic heterocycles. The summed E-state index contributed by atoms with van der Waals surface area (Å²) in [6.45, 7) is 1.98. The summed E-state index contributed by atoms with van der Waals surface area (Å²) in [6, 6.07) is 26.9. The van der Waals surface area contributed by atoms with Gasteiger partial charge in [0.25, 0.3) is 0 Å². The Balaban J connectivity index is 0.000000212. The summed E-state index contributed by atoms with van der Waals surface area (Å²) < 4.78 is 17.3. The van der Waals surface area contributed by atoms with E-state index in [1.165, 1.54) is 0 Å². The van der Waals surface area contributed by atoms with Crippen LogP contribution in [0.5, 0.6) is 0 Å². The van der Waals surface area contributed by atoms with Crippen molar-refractivity contribution in [2.75, 3.05) is 13.2 Å². The minimum atomic E-state index is -1.03. The molecule has 0 saturated carbocycles. The van der Waals surface area contributed by atoms with Crippen molar-refractivity contribution < 1.29 is 38.5 Å². The Bertz CT molecular complexity index is 1340. The monoisotopic (exact) mass is 637 g/mol. The van der Waals surface area contributed by atoms with Crippen LogP contribution in [0.15, 0.2) is 91.0 Å². The molecule has 2 heterocycles. The second-order valence-corrected chi connectivity index (χ2v) is 11.0. The number of amides is 1. The Kier molecular flexibility index (Phi) is 15.1. The van der Waals surface area contributed by atoms with Crippen molar-refractivity contribution in [3.8, 4) is 0 Å². The summed E-state index contributed by atoms with van der Waals surface area (Å²) in [5.74, 6) is -1.61. The first-order valence-corrected chi connectivity index (χ1v) is 15.0. The van der Waals surface area contributed by atoms with Gasteiger partial charge in [0, 0.05) is 12.6 Å². The second-order valence-electron chi connectivity index (χ2n) is 10.3. The van der Waals surface area contributed by atoms with Gasteiger partial charge in [-0.15, -0.1) is 0 Å². The number of ether oxygens (including phenoxy) is 3. The molecular weight excluding hydrogens is 597 g/mol. The molecule has 3 aromatic carbocycles. The molecule has 45 heavy (non-hydrogen) atoms. The molecular formula is C33H40N3O8P. The van der Waals surface area contributed by atoms with Gasteiger partial charge in [-0.05, 0) is 23.1 Å². The van der Waals surface area contributed by atoms with Gasteiger partial charge in [0.15, 0.2) is 0 Å². The quantitative estimate of drug-likeness (QED) is 0.124. The average molecular weight is 638 g/mol. The summed E-state index contributed by atoms with van der Waals surface area (Å²) in [7, 11) is 2.58. The van der Waals surface area contributed by atoms with Crippen LogP contribution < -0.4 is 11.1 Å². The van der Waals surface area contributed by atoms with E-state index in [0.717, 1.165) is 29.7 Å². The number of rotatable bonds is 11. The normalized spacial score (nSPS) is 17.3. The minimum Gasteiger partial charge on any atom is -0.461 e. The van der Waals surface area contributed by atoms with Crippen LogP contribution in [-0.2, 0) is 53.2 Å². The van der Waals surface area contributed by atoms with E-state index < -0.39 is 24.0 Å². The molecule has 2 saturated heterocycles. The van der Waals surface area contributed by atoms with E-state index in [9.17, 15) is 19.2 Å². The van der Waals surface area contributed by atoms with E-state index in [1.54, 1.807) is 0 Å². The van der Waals surface area contributed by atoms with Crippen molar-refractivity contribution in [1.29, 1.82) is 0 Å². The molecule has 0 spiro atoms. The summed E-state index contributed by atoms with van der Waals surface area (Å²) in [5, 5.41) is 11.0. The Morgan fingerprint density at radius 1 is 0.844 bits per heavy atom. The Morgan fingerprint density at radius 3 is 1.69 bits per heavy atom. The van der Waals surface area contributed by atoms with Crippen LogP contribution in [0, 0.1) is 0 Å². The zero-order valence-corrected chi connectivity index (χ0v) is 26.1. The predicted octanol–water partition coefficient (Wildman–Crippen LogP) is 2.65. The highest BCUT2D eigenvalue weighted by Crippen LogP contribution is 2.20. The molecule has 5 rings (SSSR count). The zero-order chi connectivity index (χ0) is 32.4. The molecule has 4 N–H and O–H groups in total. The maximum Gasteiger partial charge on any atom is 0.329 e. The largest absolute Gasteiger partial charge is 0.461 e. The lowest BCUT2D eigenvalue weighted by Crippen LogP contribution is -2.53. The molecule has 2 fully saturated rings. The van der Waals surface area contributed by atoms with Gasteiger partial charge in [0.05, 0.1) is 19.4 Å². The van der Waals surface area contributed by atoms with Crippen molar-refractivity contribution >= 4 is 33.2 Å². The zero-order valence-electron chi connectivity index (χ0n) is 25.0. The van der Waals surface area contributed by atoms with Gasteiger partial charge >= 0.3 is 17.9 Å². The van der Waals surface area contributed by atoms with E-state index in [4.69, 9.17) is 25.1 Å². The average Bonchev–Trinajstić information content (AvgIpc) is 3.05. The van der Waals surface area contributed by atoms with Gasteiger partial charge in [-0.25, -0.2) is 4.79 Å². The number of β-lactam (4-membered cyclic amide) rings is 1. The van der Waals surface area contributed by atoms with E-state index in [-0.39, 0.29) is 44.5 Å². The van der Waals surface area contributed by atoms with E-state index >= 15 is 0 Å². The SMILES string of the molecule is N[C@H](CC(=O)OCc1ccccc1)C(=O)OCc1ccccc1.O=C1C[C@H](C(=O)OCc2ccccc2)N1.OC[C@H]1CCN1P.